The normalized spacial score (nSPS) is 12.2. The van der Waals surface area contributed by atoms with Crippen LogP contribution in [0, 0.1) is 5.82 Å². The lowest BCUT2D eigenvalue weighted by atomic mass is 10.2. The molecule has 0 saturated carbocycles. The molecule has 3 nitrogen and oxygen atoms in total. The Kier molecular flexibility index (Phi) is 4.61. The van der Waals surface area contributed by atoms with E-state index in [1.807, 2.05) is 13.8 Å². The van der Waals surface area contributed by atoms with Crippen LogP contribution in [-0.4, -0.2) is 16.3 Å². The van der Waals surface area contributed by atoms with Crippen molar-refractivity contribution in [1.29, 1.82) is 0 Å². The number of halogens is 2. The van der Waals surface area contributed by atoms with E-state index in [0.29, 0.717) is 10.5 Å². The first-order chi connectivity index (χ1) is 7.47. The molecule has 3 N–H and O–H groups in total. The van der Waals surface area contributed by atoms with E-state index in [1.165, 1.54) is 11.8 Å². The van der Waals surface area contributed by atoms with Gasteiger partial charge in [0.2, 0.25) is 0 Å². The van der Waals surface area contributed by atoms with Gasteiger partial charge in [-0.2, -0.15) is 0 Å². The molecule has 0 fully saturated rings. The molecule has 1 aromatic rings. The van der Waals surface area contributed by atoms with Gasteiger partial charge in [0.1, 0.15) is 0 Å². The summed E-state index contributed by atoms with van der Waals surface area (Å²) in [5.41, 5.74) is 5.75. The van der Waals surface area contributed by atoms with Crippen molar-refractivity contribution in [2.45, 2.75) is 24.0 Å². The summed E-state index contributed by atoms with van der Waals surface area (Å²) in [6, 6.07) is 3.24. The van der Waals surface area contributed by atoms with Gasteiger partial charge in [-0.15, -0.1) is 11.8 Å². The largest absolute Gasteiger partial charge is 0.409 e. The van der Waals surface area contributed by atoms with E-state index in [1.54, 1.807) is 12.1 Å². The molecule has 0 aromatic heterocycles. The minimum atomic E-state index is -0.386. The van der Waals surface area contributed by atoms with E-state index in [-0.39, 0.29) is 21.4 Å². The summed E-state index contributed by atoms with van der Waals surface area (Å²) >= 11 is 4.52. The lowest BCUT2D eigenvalue weighted by Crippen LogP contribution is -2.14. The van der Waals surface area contributed by atoms with Crippen molar-refractivity contribution in [2.75, 3.05) is 0 Å². The number of benzene rings is 1. The van der Waals surface area contributed by atoms with Crippen molar-refractivity contribution in [1.82, 2.24) is 0 Å². The first-order valence-electron chi connectivity index (χ1n) is 4.60. The number of oxime groups is 1. The molecule has 6 heteroatoms. The van der Waals surface area contributed by atoms with Crippen molar-refractivity contribution < 1.29 is 9.60 Å². The summed E-state index contributed by atoms with van der Waals surface area (Å²) in [4.78, 5) is 0.538. The molecule has 0 saturated heterocycles. The quantitative estimate of drug-likeness (QED) is 0.296. The Morgan fingerprint density at radius 3 is 2.69 bits per heavy atom. The minimum absolute atomic E-state index is 0.119. The smallest absolute Gasteiger partial charge is 0.171 e. The van der Waals surface area contributed by atoms with Crippen molar-refractivity contribution in [3.63, 3.8) is 0 Å². The van der Waals surface area contributed by atoms with Crippen molar-refractivity contribution in [2.24, 2.45) is 10.9 Å². The number of hydrogen-bond acceptors (Lipinski definition) is 3. The highest BCUT2D eigenvalue weighted by Gasteiger charge is 2.14. The van der Waals surface area contributed by atoms with E-state index < -0.39 is 0 Å². The fraction of sp³-hybridized carbons (Fsp3) is 0.300. The van der Waals surface area contributed by atoms with E-state index in [2.05, 4.69) is 21.1 Å². The topological polar surface area (TPSA) is 58.6 Å². The molecule has 16 heavy (non-hydrogen) atoms. The SMILES string of the molecule is CC(C)Sc1ccc(/C(N)=N/O)c(Br)c1F. The van der Waals surface area contributed by atoms with Gasteiger partial charge >= 0.3 is 0 Å². The minimum Gasteiger partial charge on any atom is -0.409 e. The highest BCUT2D eigenvalue weighted by Crippen LogP contribution is 2.32. The zero-order valence-electron chi connectivity index (χ0n) is 8.87. The van der Waals surface area contributed by atoms with Gasteiger partial charge in [-0.25, -0.2) is 4.39 Å². The van der Waals surface area contributed by atoms with Gasteiger partial charge in [0, 0.05) is 15.7 Å². The summed E-state index contributed by atoms with van der Waals surface area (Å²) in [5, 5.41) is 11.7. The maximum Gasteiger partial charge on any atom is 0.171 e. The molecule has 0 unspecified atom stereocenters. The molecule has 0 aliphatic carbocycles. The van der Waals surface area contributed by atoms with Gasteiger partial charge < -0.3 is 10.9 Å². The summed E-state index contributed by atoms with van der Waals surface area (Å²) in [6.07, 6.45) is 0. The highest BCUT2D eigenvalue weighted by molar-refractivity contribution is 9.10. The average molecular weight is 307 g/mol. The number of thioether (sulfide) groups is 1. The molecule has 0 amide bonds. The van der Waals surface area contributed by atoms with Crippen LogP contribution in [0.3, 0.4) is 0 Å². The van der Waals surface area contributed by atoms with Crippen LogP contribution < -0.4 is 5.73 Å². The molecule has 88 valence electrons. The number of rotatable bonds is 3. The maximum atomic E-state index is 13.9. The molecule has 0 radical (unpaired) electrons. The van der Waals surface area contributed by atoms with Gasteiger partial charge in [-0.05, 0) is 28.1 Å². The average Bonchev–Trinajstić information content (AvgIpc) is 2.23. The third-order valence-corrected chi connectivity index (χ3v) is 3.61. The monoisotopic (exact) mass is 306 g/mol. The second-order valence-electron chi connectivity index (χ2n) is 3.39. The number of amidine groups is 1. The Labute approximate surface area is 106 Å². The second kappa shape index (κ2) is 5.54. The summed E-state index contributed by atoms with van der Waals surface area (Å²) in [5.74, 6) is -0.505. The molecular formula is C10H12BrFN2OS. The van der Waals surface area contributed by atoms with Crippen LogP contribution in [0.4, 0.5) is 4.39 Å². The Bertz CT molecular complexity index is 424. The third kappa shape index (κ3) is 2.89. The van der Waals surface area contributed by atoms with Gasteiger partial charge in [-0.3, -0.25) is 0 Å². The molecule has 0 aliphatic rings. The van der Waals surface area contributed by atoms with E-state index >= 15 is 0 Å². The van der Waals surface area contributed by atoms with Crippen LogP contribution in [0.25, 0.3) is 0 Å². The molecule has 0 atom stereocenters. The molecule has 1 rings (SSSR count). The lowest BCUT2D eigenvalue weighted by molar-refractivity contribution is 0.318. The van der Waals surface area contributed by atoms with Crippen LogP contribution in [0.1, 0.15) is 19.4 Å². The Morgan fingerprint density at radius 2 is 2.19 bits per heavy atom. The van der Waals surface area contributed by atoms with Crippen molar-refractivity contribution in [3.8, 4) is 0 Å². The van der Waals surface area contributed by atoms with Crippen LogP contribution in [0.2, 0.25) is 0 Å². The summed E-state index contributed by atoms with van der Waals surface area (Å²) in [7, 11) is 0. The first-order valence-corrected chi connectivity index (χ1v) is 6.27. The summed E-state index contributed by atoms with van der Waals surface area (Å²) < 4.78 is 14.1. The first kappa shape index (κ1) is 13.3. The van der Waals surface area contributed by atoms with Gasteiger partial charge in [0.15, 0.2) is 11.7 Å². The zero-order chi connectivity index (χ0) is 12.3. The predicted octanol–water partition coefficient (Wildman–Crippen LogP) is 3.18. The van der Waals surface area contributed by atoms with Crippen molar-refractivity contribution >= 4 is 33.5 Å². The number of nitrogens with two attached hydrogens (primary N) is 1. The Morgan fingerprint density at radius 1 is 1.56 bits per heavy atom. The molecule has 1 aromatic carbocycles. The standard InChI is InChI=1S/C10H12BrFN2OS/c1-5(2)16-7-4-3-6(10(13)14-15)8(11)9(7)12/h3-5,15H,1-2H3,(H2,13,14). The zero-order valence-corrected chi connectivity index (χ0v) is 11.3. The second-order valence-corrected chi connectivity index (χ2v) is 5.80. The van der Waals surface area contributed by atoms with Crippen LogP contribution in [-0.2, 0) is 0 Å². The van der Waals surface area contributed by atoms with Gasteiger partial charge in [-0.1, -0.05) is 19.0 Å². The van der Waals surface area contributed by atoms with E-state index in [0.717, 1.165) is 0 Å². The van der Waals surface area contributed by atoms with E-state index in [4.69, 9.17) is 10.9 Å². The fourth-order valence-electron chi connectivity index (χ4n) is 1.13. The highest BCUT2D eigenvalue weighted by atomic mass is 79.9. The Balaban J connectivity index is 3.18. The van der Waals surface area contributed by atoms with Gasteiger partial charge in [0.25, 0.3) is 0 Å². The predicted molar refractivity (Wildman–Crippen MR) is 67.6 cm³/mol. The van der Waals surface area contributed by atoms with Crippen LogP contribution >= 0.6 is 27.7 Å². The molecular weight excluding hydrogens is 295 g/mol. The maximum absolute atomic E-state index is 13.9. The van der Waals surface area contributed by atoms with Crippen LogP contribution in [0.15, 0.2) is 26.7 Å². The molecule has 0 heterocycles. The van der Waals surface area contributed by atoms with E-state index in [9.17, 15) is 4.39 Å². The van der Waals surface area contributed by atoms with Crippen molar-refractivity contribution in [3.05, 3.63) is 28.0 Å². The number of nitrogens with zero attached hydrogens (tertiary/aromatic N) is 1. The molecule has 0 bridgehead atoms. The van der Waals surface area contributed by atoms with Gasteiger partial charge in [0.05, 0.1) is 4.47 Å². The van der Waals surface area contributed by atoms with Crippen LogP contribution in [0.5, 0.6) is 0 Å². The summed E-state index contributed by atoms with van der Waals surface area (Å²) in [6.45, 7) is 3.96. The molecule has 0 spiro atoms. The number of hydrogen-bond donors (Lipinski definition) is 2. The Hall–Kier alpha value is -0.750. The lowest BCUT2D eigenvalue weighted by Gasteiger charge is -2.10. The molecule has 0 aliphatic heterocycles. The third-order valence-electron chi connectivity index (χ3n) is 1.79. The fourth-order valence-corrected chi connectivity index (χ4v) is 2.67.